The van der Waals surface area contributed by atoms with Crippen molar-refractivity contribution in [3.05, 3.63) is 74.7 Å². The third kappa shape index (κ3) is 4.67. The molecular formula is C21H24N6O4S. The van der Waals surface area contributed by atoms with Crippen molar-refractivity contribution < 1.29 is 9.53 Å². The monoisotopic (exact) mass is 456 g/mol. The molecule has 2 aromatic heterocycles. The van der Waals surface area contributed by atoms with E-state index in [9.17, 15) is 14.4 Å². The Bertz CT molecular complexity index is 1290. The number of ketones is 1. The third-order valence-electron chi connectivity index (χ3n) is 4.78. The Kier molecular flexibility index (Phi) is 6.98. The standard InChI is InChI=1S/C21H24N6O4S/c1-5-9-27-16(11-31-14-8-6-7-13(2)10-14)23-24-20(27)32-12-15(28)17-18(22)25(3)21(30)26(4)19(17)29/h5-8,10H,1,9,11-12,22H2,2-4H3. The lowest BCUT2D eigenvalue weighted by molar-refractivity contribution is 0.102. The van der Waals surface area contributed by atoms with E-state index in [1.54, 1.807) is 10.6 Å². The molecule has 168 valence electrons. The van der Waals surface area contributed by atoms with Crippen molar-refractivity contribution in [1.82, 2.24) is 23.9 Å². The van der Waals surface area contributed by atoms with Crippen molar-refractivity contribution >= 4 is 23.4 Å². The first-order valence-corrected chi connectivity index (χ1v) is 10.7. The molecule has 3 rings (SSSR count). The largest absolute Gasteiger partial charge is 0.486 e. The molecule has 2 N–H and O–H groups in total. The molecule has 0 atom stereocenters. The van der Waals surface area contributed by atoms with Gasteiger partial charge in [0.15, 0.2) is 16.8 Å². The van der Waals surface area contributed by atoms with Gasteiger partial charge in [-0.25, -0.2) is 4.79 Å². The minimum atomic E-state index is -0.726. The quantitative estimate of drug-likeness (QED) is 0.290. The van der Waals surface area contributed by atoms with Gasteiger partial charge in [0.2, 0.25) is 0 Å². The second kappa shape index (κ2) is 9.69. The molecule has 1 aromatic carbocycles. The maximum absolute atomic E-state index is 12.8. The molecule has 0 aliphatic carbocycles. The van der Waals surface area contributed by atoms with E-state index in [2.05, 4.69) is 16.8 Å². The number of aromatic nitrogens is 5. The van der Waals surface area contributed by atoms with Crippen LogP contribution in [-0.2, 0) is 27.2 Å². The van der Waals surface area contributed by atoms with Crippen LogP contribution < -0.4 is 21.7 Å². The summed E-state index contributed by atoms with van der Waals surface area (Å²) in [4.78, 5) is 37.1. The molecule has 10 nitrogen and oxygen atoms in total. The van der Waals surface area contributed by atoms with E-state index < -0.39 is 17.0 Å². The highest BCUT2D eigenvalue weighted by molar-refractivity contribution is 7.99. The van der Waals surface area contributed by atoms with Crippen LogP contribution in [0.3, 0.4) is 0 Å². The Labute approximate surface area is 188 Å². The normalized spacial score (nSPS) is 10.8. The molecule has 0 spiro atoms. The van der Waals surface area contributed by atoms with E-state index in [0.717, 1.165) is 26.5 Å². The Hall–Kier alpha value is -3.60. The lowest BCUT2D eigenvalue weighted by Gasteiger charge is -2.11. The number of anilines is 1. The predicted octanol–water partition coefficient (Wildman–Crippen LogP) is 1.31. The van der Waals surface area contributed by atoms with Crippen LogP contribution >= 0.6 is 11.8 Å². The number of thioether (sulfide) groups is 1. The number of Topliss-reactive ketones (excluding diaryl/α,β-unsaturated/α-hetero) is 1. The van der Waals surface area contributed by atoms with Gasteiger partial charge in [0.25, 0.3) is 5.56 Å². The molecule has 0 aliphatic rings. The minimum Gasteiger partial charge on any atom is -0.486 e. The number of allylic oxidation sites excluding steroid dienone is 1. The number of nitrogen functional groups attached to an aromatic ring is 1. The van der Waals surface area contributed by atoms with Gasteiger partial charge in [0.05, 0.1) is 5.75 Å². The first-order valence-electron chi connectivity index (χ1n) is 9.68. The Morgan fingerprint density at radius 1 is 1.25 bits per heavy atom. The van der Waals surface area contributed by atoms with Crippen LogP contribution in [0, 0.1) is 6.92 Å². The number of rotatable bonds is 9. The zero-order valence-corrected chi connectivity index (χ0v) is 18.9. The van der Waals surface area contributed by atoms with Gasteiger partial charge in [-0.2, -0.15) is 0 Å². The zero-order chi connectivity index (χ0) is 23.4. The smallest absolute Gasteiger partial charge is 0.332 e. The van der Waals surface area contributed by atoms with Gasteiger partial charge >= 0.3 is 5.69 Å². The van der Waals surface area contributed by atoms with Gasteiger partial charge in [0.1, 0.15) is 23.7 Å². The fraction of sp³-hybridized carbons (Fsp3) is 0.286. The number of aryl methyl sites for hydroxylation is 1. The highest BCUT2D eigenvalue weighted by Crippen LogP contribution is 2.21. The topological polar surface area (TPSA) is 127 Å². The van der Waals surface area contributed by atoms with Gasteiger partial charge in [-0.15, -0.1) is 16.8 Å². The third-order valence-corrected chi connectivity index (χ3v) is 5.75. The molecule has 0 radical (unpaired) electrons. The van der Waals surface area contributed by atoms with E-state index in [1.165, 1.54) is 14.1 Å². The van der Waals surface area contributed by atoms with Gasteiger partial charge in [0, 0.05) is 20.6 Å². The van der Waals surface area contributed by atoms with Gasteiger partial charge in [-0.3, -0.25) is 23.3 Å². The maximum Gasteiger partial charge on any atom is 0.332 e. The van der Waals surface area contributed by atoms with Crippen LogP contribution in [0.2, 0.25) is 0 Å². The molecule has 0 fully saturated rings. The number of benzene rings is 1. The van der Waals surface area contributed by atoms with E-state index in [-0.39, 0.29) is 23.7 Å². The minimum absolute atomic E-state index is 0.105. The molecule has 11 heteroatoms. The van der Waals surface area contributed by atoms with Crippen LogP contribution in [0.1, 0.15) is 21.7 Å². The molecule has 32 heavy (non-hydrogen) atoms. The van der Waals surface area contributed by atoms with Gasteiger partial charge in [-0.05, 0) is 24.6 Å². The number of nitrogens with zero attached hydrogens (tertiary/aromatic N) is 5. The SMILES string of the molecule is C=CCn1c(COc2cccc(C)c2)nnc1SCC(=O)c1c(N)n(C)c(=O)n(C)c1=O. The van der Waals surface area contributed by atoms with Gasteiger partial charge in [-0.1, -0.05) is 30.0 Å². The second-order valence-electron chi connectivity index (χ2n) is 7.08. The molecule has 0 saturated carbocycles. The molecule has 0 amide bonds. The lowest BCUT2D eigenvalue weighted by atomic mass is 10.2. The molecule has 0 saturated heterocycles. The maximum atomic E-state index is 12.8. The highest BCUT2D eigenvalue weighted by atomic mass is 32.2. The first kappa shape index (κ1) is 23.1. The lowest BCUT2D eigenvalue weighted by Crippen LogP contribution is -2.41. The number of nitrogens with two attached hydrogens (primary N) is 1. The molecule has 0 bridgehead atoms. The summed E-state index contributed by atoms with van der Waals surface area (Å²) in [5, 5.41) is 8.79. The van der Waals surface area contributed by atoms with Crippen LogP contribution in [0.4, 0.5) is 5.82 Å². The van der Waals surface area contributed by atoms with Crippen molar-refractivity contribution in [1.29, 1.82) is 0 Å². The highest BCUT2D eigenvalue weighted by Gasteiger charge is 2.22. The molecule has 3 aromatic rings. The summed E-state index contributed by atoms with van der Waals surface area (Å²) < 4.78 is 9.52. The van der Waals surface area contributed by atoms with Crippen molar-refractivity contribution in [3.8, 4) is 5.75 Å². The summed E-state index contributed by atoms with van der Waals surface area (Å²) in [6, 6.07) is 7.65. The number of hydrogen-bond donors (Lipinski definition) is 1. The molecular weight excluding hydrogens is 432 g/mol. The molecule has 0 unspecified atom stereocenters. The average molecular weight is 457 g/mol. The zero-order valence-electron chi connectivity index (χ0n) is 18.1. The Morgan fingerprint density at radius 3 is 2.69 bits per heavy atom. The van der Waals surface area contributed by atoms with Crippen LogP contribution in [0.25, 0.3) is 0 Å². The molecule has 2 heterocycles. The molecule has 0 aliphatic heterocycles. The number of ether oxygens (including phenoxy) is 1. The fourth-order valence-electron chi connectivity index (χ4n) is 3.02. The van der Waals surface area contributed by atoms with Crippen LogP contribution in [0.15, 0.2) is 51.7 Å². The fourth-order valence-corrected chi connectivity index (χ4v) is 3.86. The second-order valence-corrected chi connectivity index (χ2v) is 8.02. The van der Waals surface area contributed by atoms with E-state index >= 15 is 0 Å². The first-order chi connectivity index (χ1) is 15.2. The summed E-state index contributed by atoms with van der Waals surface area (Å²) in [6.07, 6.45) is 1.69. The van der Waals surface area contributed by atoms with Crippen molar-refractivity contribution in [2.75, 3.05) is 11.5 Å². The number of carbonyl (C=O) groups excluding carboxylic acids is 1. The Balaban J connectivity index is 1.78. The average Bonchev–Trinajstić information content (AvgIpc) is 3.15. The van der Waals surface area contributed by atoms with Gasteiger partial charge < -0.3 is 10.5 Å². The van der Waals surface area contributed by atoms with E-state index in [1.807, 2.05) is 31.2 Å². The van der Waals surface area contributed by atoms with Crippen molar-refractivity contribution in [3.63, 3.8) is 0 Å². The van der Waals surface area contributed by atoms with E-state index in [0.29, 0.717) is 23.3 Å². The summed E-state index contributed by atoms with van der Waals surface area (Å²) in [7, 11) is 2.71. The summed E-state index contributed by atoms with van der Waals surface area (Å²) in [5.41, 5.74) is 5.40. The predicted molar refractivity (Wildman–Crippen MR) is 122 cm³/mol. The summed E-state index contributed by atoms with van der Waals surface area (Å²) in [6.45, 7) is 6.33. The van der Waals surface area contributed by atoms with Crippen molar-refractivity contribution in [2.45, 2.75) is 25.2 Å². The van der Waals surface area contributed by atoms with Crippen LogP contribution in [0.5, 0.6) is 5.75 Å². The van der Waals surface area contributed by atoms with E-state index in [4.69, 9.17) is 10.5 Å². The Morgan fingerprint density at radius 2 is 2.00 bits per heavy atom. The number of hydrogen-bond acceptors (Lipinski definition) is 8. The summed E-state index contributed by atoms with van der Waals surface area (Å²) >= 11 is 1.11. The van der Waals surface area contributed by atoms with Crippen molar-refractivity contribution in [2.24, 2.45) is 14.1 Å². The summed E-state index contributed by atoms with van der Waals surface area (Å²) in [5.74, 6) is 0.506. The van der Waals surface area contributed by atoms with Crippen LogP contribution in [-0.4, -0.2) is 35.4 Å². The number of carbonyl (C=O) groups is 1.